The highest BCUT2D eigenvalue weighted by atomic mass is 35.5. The molecule has 0 saturated carbocycles. The van der Waals surface area contributed by atoms with Crippen LogP contribution in [0.25, 0.3) is 0 Å². The maximum absolute atomic E-state index is 5.73. The Labute approximate surface area is 97.6 Å². The van der Waals surface area contributed by atoms with Crippen LogP contribution in [0, 0.1) is 0 Å². The van der Waals surface area contributed by atoms with Crippen LogP contribution in [0.4, 0.5) is 5.69 Å². The van der Waals surface area contributed by atoms with Gasteiger partial charge < -0.3 is 10.5 Å². The second-order valence-corrected chi connectivity index (χ2v) is 4.69. The van der Waals surface area contributed by atoms with E-state index >= 15 is 0 Å². The molecule has 1 aromatic rings. The summed E-state index contributed by atoms with van der Waals surface area (Å²) in [4.78, 5) is 7.87. The second-order valence-electron chi connectivity index (χ2n) is 3.35. The fourth-order valence-electron chi connectivity index (χ4n) is 1.42. The number of nitrogens with zero attached hydrogens (tertiary/aromatic N) is 2. The highest BCUT2D eigenvalue weighted by molar-refractivity contribution is 7.99. The van der Waals surface area contributed by atoms with Gasteiger partial charge in [0.15, 0.2) is 0 Å². The monoisotopic (exact) mass is 245 g/mol. The van der Waals surface area contributed by atoms with Gasteiger partial charge in [0.1, 0.15) is 5.03 Å². The van der Waals surface area contributed by atoms with E-state index in [1.165, 1.54) is 6.20 Å². The van der Waals surface area contributed by atoms with Gasteiger partial charge >= 0.3 is 0 Å². The third-order valence-electron chi connectivity index (χ3n) is 2.18. The average molecular weight is 246 g/mol. The standard InChI is InChI=1S/C9H12ClN3OS/c10-9-12-4-7(11)8(13-9)15-5-6-2-1-3-14-6/h4,6H,1-3,5,11H2. The Morgan fingerprint density at radius 3 is 3.27 bits per heavy atom. The molecule has 82 valence electrons. The van der Waals surface area contributed by atoms with Crippen molar-refractivity contribution in [1.29, 1.82) is 0 Å². The first-order chi connectivity index (χ1) is 7.25. The molecule has 0 spiro atoms. The zero-order valence-electron chi connectivity index (χ0n) is 8.15. The summed E-state index contributed by atoms with van der Waals surface area (Å²) in [5.41, 5.74) is 6.30. The van der Waals surface area contributed by atoms with Crippen LogP contribution in [-0.4, -0.2) is 28.4 Å². The Kier molecular flexibility index (Phi) is 3.66. The molecular weight excluding hydrogens is 234 g/mol. The lowest BCUT2D eigenvalue weighted by atomic mass is 10.3. The summed E-state index contributed by atoms with van der Waals surface area (Å²) >= 11 is 7.26. The number of nitrogen functional groups attached to an aromatic ring is 1. The van der Waals surface area contributed by atoms with Crippen LogP contribution in [0.5, 0.6) is 0 Å². The van der Waals surface area contributed by atoms with E-state index in [1.54, 1.807) is 11.8 Å². The van der Waals surface area contributed by atoms with Crippen molar-refractivity contribution in [3.05, 3.63) is 11.5 Å². The van der Waals surface area contributed by atoms with Crippen LogP contribution in [0.2, 0.25) is 5.28 Å². The quantitative estimate of drug-likeness (QED) is 0.501. The van der Waals surface area contributed by atoms with Crippen molar-refractivity contribution in [2.75, 3.05) is 18.1 Å². The van der Waals surface area contributed by atoms with Gasteiger partial charge in [-0.1, -0.05) is 0 Å². The molecule has 1 atom stereocenters. The predicted octanol–water partition coefficient (Wildman–Crippen LogP) is 1.98. The van der Waals surface area contributed by atoms with Crippen molar-refractivity contribution < 1.29 is 4.74 Å². The SMILES string of the molecule is Nc1cnc(Cl)nc1SCC1CCCO1. The number of hydrogen-bond acceptors (Lipinski definition) is 5. The molecule has 2 heterocycles. The van der Waals surface area contributed by atoms with E-state index in [2.05, 4.69) is 9.97 Å². The highest BCUT2D eigenvalue weighted by Crippen LogP contribution is 2.26. The zero-order chi connectivity index (χ0) is 10.7. The molecule has 0 aliphatic carbocycles. The first kappa shape index (κ1) is 11.0. The lowest BCUT2D eigenvalue weighted by molar-refractivity contribution is 0.129. The smallest absolute Gasteiger partial charge is 0.223 e. The van der Waals surface area contributed by atoms with Crippen LogP contribution in [0.15, 0.2) is 11.2 Å². The molecule has 15 heavy (non-hydrogen) atoms. The van der Waals surface area contributed by atoms with Crippen molar-refractivity contribution in [3.63, 3.8) is 0 Å². The van der Waals surface area contributed by atoms with Crippen molar-refractivity contribution >= 4 is 29.1 Å². The molecule has 1 aliphatic heterocycles. The van der Waals surface area contributed by atoms with Crippen LogP contribution < -0.4 is 5.73 Å². The molecule has 1 fully saturated rings. The van der Waals surface area contributed by atoms with E-state index in [0.717, 1.165) is 30.2 Å². The largest absolute Gasteiger partial charge is 0.395 e. The van der Waals surface area contributed by atoms with E-state index in [4.69, 9.17) is 22.1 Å². The Bertz CT molecular complexity index is 344. The molecule has 2 N–H and O–H groups in total. The first-order valence-electron chi connectivity index (χ1n) is 4.78. The lowest BCUT2D eigenvalue weighted by Gasteiger charge is -2.09. The number of rotatable bonds is 3. The van der Waals surface area contributed by atoms with E-state index in [0.29, 0.717) is 11.8 Å². The summed E-state index contributed by atoms with van der Waals surface area (Å²) in [5.74, 6) is 0.873. The fourth-order valence-corrected chi connectivity index (χ4v) is 2.58. The number of thioether (sulfide) groups is 1. The summed E-state index contributed by atoms with van der Waals surface area (Å²) in [6.07, 6.45) is 4.12. The molecule has 0 radical (unpaired) electrons. The van der Waals surface area contributed by atoms with E-state index in [9.17, 15) is 0 Å². The number of nitrogens with two attached hydrogens (primary N) is 1. The minimum atomic E-state index is 0.235. The second kappa shape index (κ2) is 5.01. The van der Waals surface area contributed by atoms with Gasteiger partial charge in [0, 0.05) is 12.4 Å². The zero-order valence-corrected chi connectivity index (χ0v) is 9.72. The Morgan fingerprint density at radius 1 is 1.67 bits per heavy atom. The third-order valence-corrected chi connectivity index (χ3v) is 3.50. The van der Waals surface area contributed by atoms with Crippen molar-refractivity contribution in [3.8, 4) is 0 Å². The third kappa shape index (κ3) is 2.96. The topological polar surface area (TPSA) is 61.0 Å². The minimum absolute atomic E-state index is 0.235. The van der Waals surface area contributed by atoms with Crippen molar-refractivity contribution in [1.82, 2.24) is 9.97 Å². The van der Waals surface area contributed by atoms with Gasteiger partial charge in [0.05, 0.1) is 18.0 Å². The Balaban J connectivity index is 1.94. The molecule has 1 unspecified atom stereocenters. The normalized spacial score (nSPS) is 20.7. The van der Waals surface area contributed by atoms with Crippen LogP contribution in [-0.2, 0) is 4.74 Å². The Hall–Kier alpha value is -0.520. The van der Waals surface area contributed by atoms with Crippen LogP contribution in [0.1, 0.15) is 12.8 Å². The number of hydrogen-bond donors (Lipinski definition) is 1. The molecule has 0 amide bonds. The summed E-state index contributed by atoms with van der Waals surface area (Å²) in [6, 6.07) is 0. The van der Waals surface area contributed by atoms with Crippen molar-refractivity contribution in [2.24, 2.45) is 0 Å². The van der Waals surface area contributed by atoms with Gasteiger partial charge in [0.25, 0.3) is 0 Å². The number of halogens is 1. The average Bonchev–Trinajstić information content (AvgIpc) is 2.72. The fraction of sp³-hybridized carbons (Fsp3) is 0.556. The number of anilines is 1. The van der Waals surface area contributed by atoms with E-state index in [-0.39, 0.29) is 5.28 Å². The van der Waals surface area contributed by atoms with Gasteiger partial charge in [-0.2, -0.15) is 0 Å². The first-order valence-corrected chi connectivity index (χ1v) is 6.14. The molecule has 4 nitrogen and oxygen atoms in total. The molecule has 1 aromatic heterocycles. The van der Waals surface area contributed by atoms with Gasteiger partial charge in [-0.3, -0.25) is 0 Å². The van der Waals surface area contributed by atoms with E-state index in [1.807, 2.05) is 0 Å². The maximum atomic E-state index is 5.73. The summed E-state index contributed by atoms with van der Waals surface area (Å²) in [7, 11) is 0. The molecule has 1 aliphatic rings. The van der Waals surface area contributed by atoms with Crippen molar-refractivity contribution in [2.45, 2.75) is 24.0 Å². The minimum Gasteiger partial charge on any atom is -0.395 e. The molecule has 0 aromatic carbocycles. The summed E-state index contributed by atoms with van der Waals surface area (Å²) < 4.78 is 5.51. The predicted molar refractivity (Wildman–Crippen MR) is 61.2 cm³/mol. The Morgan fingerprint density at radius 2 is 2.53 bits per heavy atom. The molecule has 2 rings (SSSR count). The van der Waals surface area contributed by atoms with E-state index < -0.39 is 0 Å². The summed E-state index contributed by atoms with van der Waals surface area (Å²) in [6.45, 7) is 0.866. The van der Waals surface area contributed by atoms with Gasteiger partial charge in [0.2, 0.25) is 5.28 Å². The van der Waals surface area contributed by atoms with Crippen LogP contribution in [0.3, 0.4) is 0 Å². The van der Waals surface area contributed by atoms with Crippen LogP contribution >= 0.6 is 23.4 Å². The molecule has 1 saturated heterocycles. The molecule has 0 bridgehead atoms. The number of ether oxygens (including phenoxy) is 1. The molecular formula is C9H12ClN3OS. The molecule has 6 heteroatoms. The highest BCUT2D eigenvalue weighted by Gasteiger charge is 2.16. The lowest BCUT2D eigenvalue weighted by Crippen LogP contribution is -2.08. The van der Waals surface area contributed by atoms with Gasteiger partial charge in [-0.15, -0.1) is 11.8 Å². The maximum Gasteiger partial charge on any atom is 0.223 e. The van der Waals surface area contributed by atoms with Gasteiger partial charge in [-0.05, 0) is 24.4 Å². The number of aromatic nitrogens is 2. The summed E-state index contributed by atoms with van der Waals surface area (Å²) in [5, 5.41) is 0.976. The van der Waals surface area contributed by atoms with Gasteiger partial charge in [-0.25, -0.2) is 9.97 Å².